The van der Waals surface area contributed by atoms with Gasteiger partial charge in [0.2, 0.25) is 0 Å². The number of benzene rings is 1. The van der Waals surface area contributed by atoms with Crippen LogP contribution in [0, 0.1) is 11.8 Å². The van der Waals surface area contributed by atoms with Crippen LogP contribution >= 0.6 is 11.6 Å². The van der Waals surface area contributed by atoms with Crippen molar-refractivity contribution in [2.75, 3.05) is 0 Å². The molecule has 0 aromatic heterocycles. The normalized spacial score (nSPS) is 30.1. The second kappa shape index (κ2) is 5.09. The van der Waals surface area contributed by atoms with E-state index in [9.17, 15) is 0 Å². The van der Waals surface area contributed by atoms with E-state index in [4.69, 9.17) is 16.3 Å². The highest BCUT2D eigenvalue weighted by Crippen LogP contribution is 2.31. The van der Waals surface area contributed by atoms with Crippen molar-refractivity contribution in [1.29, 1.82) is 0 Å². The van der Waals surface area contributed by atoms with Crippen LogP contribution in [0.25, 0.3) is 0 Å². The average Bonchev–Trinajstić information content (AvgIpc) is 2.27. The van der Waals surface area contributed by atoms with Crippen LogP contribution in [0.2, 0.25) is 5.02 Å². The molecule has 2 heteroatoms. The fourth-order valence-corrected chi connectivity index (χ4v) is 2.44. The summed E-state index contributed by atoms with van der Waals surface area (Å²) in [5.74, 6) is 2.55. The van der Waals surface area contributed by atoms with Crippen molar-refractivity contribution >= 4 is 11.6 Å². The zero-order valence-corrected chi connectivity index (χ0v) is 10.7. The van der Waals surface area contributed by atoms with E-state index in [0.29, 0.717) is 6.10 Å². The molecule has 0 N–H and O–H groups in total. The summed E-state index contributed by atoms with van der Waals surface area (Å²) in [6.45, 7) is 4.66. The van der Waals surface area contributed by atoms with Crippen molar-refractivity contribution < 1.29 is 4.74 Å². The summed E-state index contributed by atoms with van der Waals surface area (Å²) in [7, 11) is 0. The van der Waals surface area contributed by atoms with Crippen LogP contribution in [0.1, 0.15) is 33.1 Å². The summed E-state index contributed by atoms with van der Waals surface area (Å²) in [6.07, 6.45) is 4.00. The van der Waals surface area contributed by atoms with Gasteiger partial charge in [-0.15, -0.1) is 0 Å². The number of hydrogen-bond donors (Lipinski definition) is 0. The Kier molecular flexibility index (Phi) is 3.75. The SMILES string of the molecule is CC1CCC(Oc2ccc(Cl)cc2)CC1C. The second-order valence-electron chi connectivity index (χ2n) is 4.96. The second-order valence-corrected chi connectivity index (χ2v) is 5.40. The van der Waals surface area contributed by atoms with Gasteiger partial charge < -0.3 is 4.74 Å². The molecule has 1 aromatic carbocycles. The van der Waals surface area contributed by atoms with Crippen LogP contribution in [-0.4, -0.2) is 6.10 Å². The van der Waals surface area contributed by atoms with Crippen LogP contribution < -0.4 is 4.74 Å². The predicted molar refractivity (Wildman–Crippen MR) is 68.0 cm³/mol. The summed E-state index contributed by atoms with van der Waals surface area (Å²) < 4.78 is 5.97. The molecule has 1 aliphatic rings. The molecule has 0 amide bonds. The Balaban J connectivity index is 1.93. The molecule has 88 valence electrons. The van der Waals surface area contributed by atoms with E-state index in [0.717, 1.165) is 22.6 Å². The predicted octanol–water partition coefficient (Wildman–Crippen LogP) is 4.54. The maximum absolute atomic E-state index is 5.97. The first-order valence-electron chi connectivity index (χ1n) is 6.07. The summed E-state index contributed by atoms with van der Waals surface area (Å²) in [6, 6.07) is 7.66. The lowest BCUT2D eigenvalue weighted by Gasteiger charge is -2.32. The molecular formula is C14H19ClO. The number of hydrogen-bond acceptors (Lipinski definition) is 1. The van der Waals surface area contributed by atoms with Gasteiger partial charge in [-0.05, 0) is 55.4 Å². The van der Waals surface area contributed by atoms with Crippen molar-refractivity contribution in [3.8, 4) is 5.75 Å². The zero-order chi connectivity index (χ0) is 11.5. The average molecular weight is 239 g/mol. The largest absolute Gasteiger partial charge is 0.490 e. The molecule has 0 aliphatic heterocycles. The van der Waals surface area contributed by atoms with Crippen molar-refractivity contribution in [3.05, 3.63) is 29.3 Å². The molecule has 1 aliphatic carbocycles. The Morgan fingerprint density at radius 1 is 1.06 bits per heavy atom. The summed E-state index contributed by atoms with van der Waals surface area (Å²) >= 11 is 5.84. The van der Waals surface area contributed by atoms with Crippen LogP contribution in [0.4, 0.5) is 0 Å². The topological polar surface area (TPSA) is 9.23 Å². The van der Waals surface area contributed by atoms with Crippen molar-refractivity contribution in [1.82, 2.24) is 0 Å². The molecule has 3 unspecified atom stereocenters. The Hall–Kier alpha value is -0.690. The first-order chi connectivity index (χ1) is 7.65. The summed E-state index contributed by atoms with van der Waals surface area (Å²) in [5.41, 5.74) is 0. The molecule has 1 nitrogen and oxygen atoms in total. The van der Waals surface area contributed by atoms with Crippen LogP contribution in [0.5, 0.6) is 5.75 Å². The lowest BCUT2D eigenvalue weighted by molar-refractivity contribution is 0.101. The summed E-state index contributed by atoms with van der Waals surface area (Å²) in [5, 5.41) is 0.762. The van der Waals surface area contributed by atoms with Crippen molar-refractivity contribution in [2.24, 2.45) is 11.8 Å². The van der Waals surface area contributed by atoms with Crippen LogP contribution in [0.15, 0.2) is 24.3 Å². The number of ether oxygens (including phenoxy) is 1. The van der Waals surface area contributed by atoms with Gasteiger partial charge in [-0.3, -0.25) is 0 Å². The quantitative estimate of drug-likeness (QED) is 0.735. The molecule has 0 saturated heterocycles. The van der Waals surface area contributed by atoms with E-state index in [1.54, 1.807) is 0 Å². The molecule has 1 aromatic rings. The fourth-order valence-electron chi connectivity index (χ4n) is 2.31. The van der Waals surface area contributed by atoms with E-state index in [-0.39, 0.29) is 0 Å². The smallest absolute Gasteiger partial charge is 0.119 e. The van der Waals surface area contributed by atoms with Crippen LogP contribution in [-0.2, 0) is 0 Å². The van der Waals surface area contributed by atoms with Gasteiger partial charge >= 0.3 is 0 Å². The minimum Gasteiger partial charge on any atom is -0.490 e. The number of rotatable bonds is 2. The Labute approximate surface area is 103 Å². The minimum atomic E-state index is 0.382. The van der Waals surface area contributed by atoms with Gasteiger partial charge in [0.15, 0.2) is 0 Å². The third-order valence-electron chi connectivity index (χ3n) is 3.67. The molecule has 3 atom stereocenters. The Morgan fingerprint density at radius 3 is 2.38 bits per heavy atom. The van der Waals surface area contributed by atoms with Gasteiger partial charge in [-0.1, -0.05) is 25.4 Å². The minimum absolute atomic E-state index is 0.382. The van der Waals surface area contributed by atoms with Crippen molar-refractivity contribution in [2.45, 2.75) is 39.2 Å². The van der Waals surface area contributed by atoms with Gasteiger partial charge in [0.05, 0.1) is 6.10 Å². The van der Waals surface area contributed by atoms with E-state index in [1.165, 1.54) is 19.3 Å². The maximum Gasteiger partial charge on any atom is 0.119 e. The fraction of sp³-hybridized carbons (Fsp3) is 0.571. The molecule has 0 bridgehead atoms. The van der Waals surface area contributed by atoms with E-state index < -0.39 is 0 Å². The van der Waals surface area contributed by atoms with Gasteiger partial charge in [0, 0.05) is 5.02 Å². The monoisotopic (exact) mass is 238 g/mol. The molecule has 16 heavy (non-hydrogen) atoms. The third kappa shape index (κ3) is 2.91. The van der Waals surface area contributed by atoms with E-state index >= 15 is 0 Å². The summed E-state index contributed by atoms with van der Waals surface area (Å²) in [4.78, 5) is 0. The highest BCUT2D eigenvalue weighted by Gasteiger charge is 2.25. The third-order valence-corrected chi connectivity index (χ3v) is 3.92. The molecule has 2 rings (SSSR count). The van der Waals surface area contributed by atoms with Crippen LogP contribution in [0.3, 0.4) is 0 Å². The van der Waals surface area contributed by atoms with Gasteiger partial charge in [0.1, 0.15) is 5.75 Å². The Bertz CT molecular complexity index is 333. The molecule has 1 saturated carbocycles. The van der Waals surface area contributed by atoms with E-state index in [2.05, 4.69) is 13.8 Å². The molecular weight excluding hydrogens is 220 g/mol. The highest BCUT2D eigenvalue weighted by molar-refractivity contribution is 6.30. The lowest BCUT2D eigenvalue weighted by Crippen LogP contribution is -2.28. The molecule has 0 spiro atoms. The first kappa shape index (κ1) is 11.8. The number of halogens is 1. The molecule has 0 radical (unpaired) electrons. The standard InChI is InChI=1S/C14H19ClO/c1-10-3-6-14(9-11(10)2)16-13-7-4-12(15)5-8-13/h4-5,7-8,10-11,14H,3,6,9H2,1-2H3. The van der Waals surface area contributed by atoms with Gasteiger partial charge in [0.25, 0.3) is 0 Å². The zero-order valence-electron chi connectivity index (χ0n) is 9.95. The first-order valence-corrected chi connectivity index (χ1v) is 6.45. The maximum atomic E-state index is 5.97. The van der Waals surface area contributed by atoms with Gasteiger partial charge in [-0.2, -0.15) is 0 Å². The highest BCUT2D eigenvalue weighted by atomic mass is 35.5. The molecule has 1 fully saturated rings. The lowest BCUT2D eigenvalue weighted by atomic mass is 9.80. The Morgan fingerprint density at radius 2 is 1.75 bits per heavy atom. The molecule has 0 heterocycles. The van der Waals surface area contributed by atoms with Gasteiger partial charge in [-0.25, -0.2) is 0 Å². The van der Waals surface area contributed by atoms with E-state index in [1.807, 2.05) is 24.3 Å². The van der Waals surface area contributed by atoms with Crippen molar-refractivity contribution in [3.63, 3.8) is 0 Å².